The van der Waals surface area contributed by atoms with Crippen molar-refractivity contribution in [3.63, 3.8) is 0 Å². The molecule has 0 fully saturated rings. The number of benzene rings is 1. The number of para-hydroxylation sites is 2. The van der Waals surface area contributed by atoms with Crippen molar-refractivity contribution in [1.29, 1.82) is 0 Å². The van der Waals surface area contributed by atoms with Crippen LogP contribution < -0.4 is 11.1 Å². The molecular formula is C12H14N2O2. The molecule has 2 rings (SSSR count). The summed E-state index contributed by atoms with van der Waals surface area (Å²) < 4.78 is 1.54. The number of aromatic amines is 1. The summed E-state index contributed by atoms with van der Waals surface area (Å²) in [5.74, 6) is 0.322. The first-order valence-corrected chi connectivity index (χ1v) is 5.31. The first-order valence-electron chi connectivity index (χ1n) is 5.31. The Bertz CT molecular complexity index is 623. The third kappa shape index (κ3) is 1.78. The van der Waals surface area contributed by atoms with Gasteiger partial charge in [-0.2, -0.15) is 0 Å². The van der Waals surface area contributed by atoms with Crippen molar-refractivity contribution in [2.24, 2.45) is 5.92 Å². The molecule has 1 N–H and O–H groups in total. The van der Waals surface area contributed by atoms with Gasteiger partial charge in [-0.25, -0.2) is 0 Å². The third-order valence-corrected chi connectivity index (χ3v) is 2.43. The number of rotatable bonds is 2. The van der Waals surface area contributed by atoms with E-state index in [1.165, 1.54) is 0 Å². The van der Waals surface area contributed by atoms with Gasteiger partial charge in [0.15, 0.2) is 0 Å². The lowest BCUT2D eigenvalue weighted by atomic mass is 10.2. The van der Waals surface area contributed by atoms with E-state index in [4.69, 9.17) is 0 Å². The van der Waals surface area contributed by atoms with Crippen LogP contribution in [0.3, 0.4) is 0 Å². The van der Waals surface area contributed by atoms with Crippen LogP contribution in [0, 0.1) is 5.92 Å². The number of fused-ring (bicyclic) bond motifs is 1. The molecule has 4 nitrogen and oxygen atoms in total. The summed E-state index contributed by atoms with van der Waals surface area (Å²) in [6.45, 7) is 4.59. The molecule has 84 valence electrons. The first kappa shape index (κ1) is 10.7. The van der Waals surface area contributed by atoms with Crippen LogP contribution in [-0.4, -0.2) is 9.55 Å². The zero-order valence-electron chi connectivity index (χ0n) is 9.36. The molecule has 0 atom stereocenters. The lowest BCUT2D eigenvalue weighted by molar-refractivity contribution is 0.520. The van der Waals surface area contributed by atoms with Crippen molar-refractivity contribution < 1.29 is 0 Å². The number of hydrogen-bond donors (Lipinski definition) is 1. The lowest BCUT2D eigenvalue weighted by Gasteiger charge is -2.11. The monoisotopic (exact) mass is 218 g/mol. The molecule has 0 radical (unpaired) electrons. The van der Waals surface area contributed by atoms with Crippen LogP contribution in [0.5, 0.6) is 0 Å². The molecule has 0 unspecified atom stereocenters. The normalized spacial score (nSPS) is 11.2. The second kappa shape index (κ2) is 3.96. The Morgan fingerprint density at radius 1 is 1.25 bits per heavy atom. The van der Waals surface area contributed by atoms with Crippen molar-refractivity contribution in [3.8, 4) is 0 Å². The highest BCUT2D eigenvalue weighted by Gasteiger charge is 2.07. The van der Waals surface area contributed by atoms with Gasteiger partial charge in [-0.05, 0) is 18.1 Å². The number of nitrogens with one attached hydrogen (secondary N) is 1. The van der Waals surface area contributed by atoms with Crippen LogP contribution in [0.4, 0.5) is 0 Å². The predicted octanol–water partition coefficient (Wildman–Crippen LogP) is 1.35. The van der Waals surface area contributed by atoms with E-state index in [1.807, 2.05) is 32.0 Å². The Morgan fingerprint density at radius 3 is 2.62 bits per heavy atom. The molecular weight excluding hydrogens is 204 g/mol. The van der Waals surface area contributed by atoms with Gasteiger partial charge in [0.2, 0.25) is 0 Å². The third-order valence-electron chi connectivity index (χ3n) is 2.43. The minimum absolute atomic E-state index is 0.322. The second-order valence-corrected chi connectivity index (χ2v) is 4.28. The molecule has 0 spiro atoms. The fourth-order valence-electron chi connectivity index (χ4n) is 1.77. The van der Waals surface area contributed by atoms with Gasteiger partial charge >= 0.3 is 11.1 Å². The Hall–Kier alpha value is -1.84. The average Bonchev–Trinajstić information content (AvgIpc) is 2.24. The molecule has 0 bridgehead atoms. The van der Waals surface area contributed by atoms with Gasteiger partial charge in [-0.3, -0.25) is 9.59 Å². The Kier molecular flexibility index (Phi) is 2.64. The zero-order chi connectivity index (χ0) is 11.7. The minimum atomic E-state index is -0.556. The van der Waals surface area contributed by atoms with Crippen LogP contribution in [-0.2, 0) is 6.54 Å². The summed E-state index contributed by atoms with van der Waals surface area (Å²) in [5.41, 5.74) is 0.445. The topological polar surface area (TPSA) is 54.9 Å². The van der Waals surface area contributed by atoms with Crippen LogP contribution in [0.1, 0.15) is 13.8 Å². The molecule has 1 aromatic carbocycles. The van der Waals surface area contributed by atoms with Crippen LogP contribution >= 0.6 is 0 Å². The van der Waals surface area contributed by atoms with Gasteiger partial charge in [0.1, 0.15) is 0 Å². The lowest BCUT2D eigenvalue weighted by Crippen LogP contribution is -2.37. The SMILES string of the molecule is CC(C)Cn1c(=O)c(=O)[nH]c2ccccc21. The van der Waals surface area contributed by atoms with E-state index in [1.54, 1.807) is 10.6 Å². The standard InChI is InChI=1S/C12H14N2O2/c1-8(2)7-14-10-6-4-3-5-9(10)13-11(15)12(14)16/h3-6,8H,7H2,1-2H3,(H,13,15). The zero-order valence-corrected chi connectivity index (χ0v) is 9.36. The van der Waals surface area contributed by atoms with Crippen LogP contribution in [0.2, 0.25) is 0 Å². The number of aromatic nitrogens is 2. The highest BCUT2D eigenvalue weighted by molar-refractivity contribution is 5.74. The van der Waals surface area contributed by atoms with E-state index in [0.29, 0.717) is 18.0 Å². The molecule has 0 saturated carbocycles. The van der Waals surface area contributed by atoms with Crippen molar-refractivity contribution in [2.45, 2.75) is 20.4 Å². The van der Waals surface area contributed by atoms with E-state index < -0.39 is 11.1 Å². The maximum absolute atomic E-state index is 11.7. The van der Waals surface area contributed by atoms with Gasteiger partial charge in [0.25, 0.3) is 0 Å². The van der Waals surface area contributed by atoms with E-state index in [0.717, 1.165) is 5.52 Å². The number of H-pyrrole nitrogens is 1. The summed E-state index contributed by atoms with van der Waals surface area (Å²) in [7, 11) is 0. The van der Waals surface area contributed by atoms with Gasteiger partial charge in [-0.15, -0.1) is 0 Å². The summed E-state index contributed by atoms with van der Waals surface area (Å²) in [6.07, 6.45) is 0. The van der Waals surface area contributed by atoms with Gasteiger partial charge in [-0.1, -0.05) is 26.0 Å². The number of hydrogen-bond acceptors (Lipinski definition) is 2. The van der Waals surface area contributed by atoms with Crippen molar-refractivity contribution >= 4 is 11.0 Å². The molecule has 1 heterocycles. The summed E-state index contributed by atoms with van der Waals surface area (Å²) in [4.78, 5) is 25.8. The molecule has 0 aliphatic rings. The molecule has 4 heteroatoms. The molecule has 0 saturated heterocycles. The van der Waals surface area contributed by atoms with Crippen LogP contribution in [0.25, 0.3) is 11.0 Å². The van der Waals surface area contributed by atoms with Crippen molar-refractivity contribution in [2.75, 3.05) is 0 Å². The van der Waals surface area contributed by atoms with E-state index >= 15 is 0 Å². The number of nitrogens with zero attached hydrogens (tertiary/aromatic N) is 1. The maximum atomic E-state index is 11.7. The summed E-state index contributed by atoms with van der Waals surface area (Å²) >= 11 is 0. The highest BCUT2D eigenvalue weighted by Crippen LogP contribution is 2.08. The van der Waals surface area contributed by atoms with Crippen molar-refractivity contribution in [1.82, 2.24) is 9.55 Å². The smallest absolute Gasteiger partial charge is 0.316 e. The minimum Gasteiger partial charge on any atom is -0.316 e. The fourth-order valence-corrected chi connectivity index (χ4v) is 1.77. The molecule has 1 aromatic heterocycles. The molecule has 0 aliphatic carbocycles. The van der Waals surface area contributed by atoms with Gasteiger partial charge < -0.3 is 9.55 Å². The highest BCUT2D eigenvalue weighted by atomic mass is 16.2. The van der Waals surface area contributed by atoms with E-state index in [-0.39, 0.29) is 0 Å². The van der Waals surface area contributed by atoms with E-state index in [2.05, 4.69) is 4.98 Å². The average molecular weight is 218 g/mol. The quantitative estimate of drug-likeness (QED) is 0.773. The van der Waals surface area contributed by atoms with Gasteiger partial charge in [0, 0.05) is 6.54 Å². The first-order chi connectivity index (χ1) is 7.59. The molecule has 16 heavy (non-hydrogen) atoms. The predicted molar refractivity (Wildman–Crippen MR) is 63.7 cm³/mol. The summed E-state index contributed by atoms with van der Waals surface area (Å²) in [6, 6.07) is 7.33. The van der Waals surface area contributed by atoms with Crippen molar-refractivity contribution in [3.05, 3.63) is 45.0 Å². The Balaban J connectivity index is 2.82. The van der Waals surface area contributed by atoms with Crippen LogP contribution in [0.15, 0.2) is 33.9 Å². The molecule has 0 aliphatic heterocycles. The molecule has 0 amide bonds. The largest absolute Gasteiger partial charge is 0.316 e. The molecule has 2 aromatic rings. The van der Waals surface area contributed by atoms with E-state index in [9.17, 15) is 9.59 Å². The Morgan fingerprint density at radius 2 is 1.94 bits per heavy atom. The maximum Gasteiger partial charge on any atom is 0.316 e. The fraction of sp³-hybridized carbons (Fsp3) is 0.333. The summed E-state index contributed by atoms with van der Waals surface area (Å²) in [5, 5.41) is 0. The second-order valence-electron chi connectivity index (χ2n) is 4.28. The van der Waals surface area contributed by atoms with Gasteiger partial charge in [0.05, 0.1) is 11.0 Å². The Labute approximate surface area is 92.5 Å².